The average molecular weight is 322 g/mol. The van der Waals surface area contributed by atoms with Crippen molar-refractivity contribution >= 4 is 21.7 Å². The predicted octanol–water partition coefficient (Wildman–Crippen LogP) is 3.52. The van der Waals surface area contributed by atoms with Crippen LogP contribution in [0.15, 0.2) is 12.1 Å². The monoisotopic (exact) mass is 321 g/mol. The molecule has 1 saturated heterocycles. The van der Waals surface area contributed by atoms with Gasteiger partial charge < -0.3 is 5.32 Å². The van der Waals surface area contributed by atoms with Crippen LogP contribution in [0.2, 0.25) is 0 Å². The molecule has 0 aromatic carbocycles. The summed E-state index contributed by atoms with van der Waals surface area (Å²) in [6.45, 7) is 5.64. The van der Waals surface area contributed by atoms with Crippen molar-refractivity contribution in [2.45, 2.75) is 58.6 Å². The Labute approximate surface area is 141 Å². The van der Waals surface area contributed by atoms with E-state index in [2.05, 4.69) is 29.0 Å². The molecule has 0 saturated carbocycles. The van der Waals surface area contributed by atoms with E-state index in [9.17, 15) is 0 Å². The molecule has 3 atom stereocenters. The summed E-state index contributed by atoms with van der Waals surface area (Å²) in [4.78, 5) is 12.1. The highest BCUT2D eigenvalue weighted by Gasteiger charge is 2.30. The molecule has 1 aliphatic rings. The molecule has 0 radical (unpaired) electrons. The van der Waals surface area contributed by atoms with Crippen molar-refractivity contribution < 1.29 is 4.11 Å². The number of aromatic nitrogens is 2. The number of fused-ring (bicyclic) bond motifs is 1. The van der Waals surface area contributed by atoms with Crippen molar-refractivity contribution in [3.8, 4) is 0 Å². The van der Waals surface area contributed by atoms with Gasteiger partial charge in [0.05, 0.1) is 10.7 Å². The molecule has 2 aromatic heterocycles. The standard InChI is InChI=1S/C17H26N4S/c1-5-13-10-21(14(6-2)9-18-13)11(3)15-7-8-16-17(20-15)22-12(4)19-16/h7-8,11,13-14,18H,5-6,9-10H2,1-4H3/t11?,13-,14+/m0/s1/i3D3. The molecule has 5 heteroatoms. The van der Waals surface area contributed by atoms with E-state index in [-0.39, 0.29) is 6.04 Å². The summed E-state index contributed by atoms with van der Waals surface area (Å²) >= 11 is 1.52. The van der Waals surface area contributed by atoms with Gasteiger partial charge >= 0.3 is 0 Å². The number of nitrogens with one attached hydrogen (secondary N) is 1. The van der Waals surface area contributed by atoms with Gasteiger partial charge in [-0.1, -0.05) is 25.2 Å². The average Bonchev–Trinajstić information content (AvgIpc) is 2.93. The maximum atomic E-state index is 8.18. The molecule has 22 heavy (non-hydrogen) atoms. The maximum Gasteiger partial charge on any atom is 0.143 e. The van der Waals surface area contributed by atoms with Gasteiger partial charge in [-0.25, -0.2) is 9.97 Å². The van der Waals surface area contributed by atoms with Gasteiger partial charge in [0.15, 0.2) is 0 Å². The molecule has 0 spiro atoms. The van der Waals surface area contributed by atoms with Crippen LogP contribution in [0.1, 0.15) is 54.4 Å². The van der Waals surface area contributed by atoms with Gasteiger partial charge in [-0.05, 0) is 38.8 Å². The van der Waals surface area contributed by atoms with Crippen LogP contribution < -0.4 is 5.32 Å². The van der Waals surface area contributed by atoms with E-state index in [1.165, 1.54) is 11.3 Å². The quantitative estimate of drug-likeness (QED) is 0.935. The predicted molar refractivity (Wildman–Crippen MR) is 93.4 cm³/mol. The summed E-state index contributed by atoms with van der Waals surface area (Å²) in [6, 6.07) is 3.59. The molecule has 1 N–H and O–H groups in total. The topological polar surface area (TPSA) is 41.1 Å². The second-order valence-electron chi connectivity index (χ2n) is 5.97. The van der Waals surface area contributed by atoms with Gasteiger partial charge in [0.25, 0.3) is 0 Å². The van der Waals surface area contributed by atoms with Crippen molar-refractivity contribution in [3.63, 3.8) is 0 Å². The van der Waals surface area contributed by atoms with Gasteiger partial charge in [0.2, 0.25) is 0 Å². The van der Waals surface area contributed by atoms with Crippen molar-refractivity contribution in [2.24, 2.45) is 0 Å². The van der Waals surface area contributed by atoms with Crippen LogP contribution >= 0.6 is 11.3 Å². The minimum Gasteiger partial charge on any atom is -0.311 e. The first-order valence-corrected chi connectivity index (χ1v) is 8.88. The number of aryl methyl sites for hydroxylation is 1. The van der Waals surface area contributed by atoms with Crippen LogP contribution in [0, 0.1) is 6.92 Å². The van der Waals surface area contributed by atoms with Crippen molar-refractivity contribution in [1.82, 2.24) is 20.2 Å². The van der Waals surface area contributed by atoms with Crippen molar-refractivity contribution in [3.05, 3.63) is 22.8 Å². The second kappa shape index (κ2) is 6.60. The Morgan fingerprint density at radius 1 is 1.41 bits per heavy atom. The molecule has 3 heterocycles. The molecule has 120 valence electrons. The summed E-state index contributed by atoms with van der Waals surface area (Å²) in [7, 11) is 0. The molecule has 1 aliphatic heterocycles. The Bertz CT molecular complexity index is 730. The first kappa shape index (κ1) is 12.4. The minimum atomic E-state index is -2.12. The summed E-state index contributed by atoms with van der Waals surface area (Å²) in [6.07, 6.45) is 1.90. The molecule has 1 fully saturated rings. The van der Waals surface area contributed by atoms with Crippen LogP contribution in [-0.2, 0) is 0 Å². The van der Waals surface area contributed by atoms with E-state index in [1.807, 2.05) is 19.1 Å². The van der Waals surface area contributed by atoms with Gasteiger partial charge in [-0.3, -0.25) is 4.90 Å². The highest BCUT2D eigenvalue weighted by atomic mass is 32.1. The van der Waals surface area contributed by atoms with Crippen LogP contribution in [0.5, 0.6) is 0 Å². The smallest absolute Gasteiger partial charge is 0.143 e. The number of hydrogen-bond acceptors (Lipinski definition) is 5. The lowest BCUT2D eigenvalue weighted by molar-refractivity contribution is 0.0833. The zero-order chi connectivity index (χ0) is 18.2. The number of pyridine rings is 1. The Balaban J connectivity index is 2.02. The first-order valence-electron chi connectivity index (χ1n) is 9.56. The van der Waals surface area contributed by atoms with Crippen LogP contribution in [0.3, 0.4) is 0 Å². The molecule has 3 rings (SSSR count). The third-order valence-corrected chi connectivity index (χ3v) is 5.38. The normalized spacial score (nSPS) is 27.3. The highest BCUT2D eigenvalue weighted by Crippen LogP contribution is 2.28. The molecule has 1 unspecified atom stereocenters. The minimum absolute atomic E-state index is 0.203. The van der Waals surface area contributed by atoms with Crippen LogP contribution in [-0.4, -0.2) is 40.0 Å². The highest BCUT2D eigenvalue weighted by molar-refractivity contribution is 7.18. The third-order valence-electron chi connectivity index (χ3n) is 4.50. The van der Waals surface area contributed by atoms with E-state index in [1.54, 1.807) is 0 Å². The number of thiazole rings is 1. The van der Waals surface area contributed by atoms with Gasteiger partial charge in [-0.2, -0.15) is 0 Å². The Hall–Kier alpha value is -1.04. The first-order chi connectivity index (χ1) is 11.8. The van der Waals surface area contributed by atoms with E-state index in [0.29, 0.717) is 11.7 Å². The number of hydrogen-bond donors (Lipinski definition) is 1. The second-order valence-corrected chi connectivity index (χ2v) is 7.15. The fraction of sp³-hybridized carbons (Fsp3) is 0.647. The molecular weight excluding hydrogens is 292 g/mol. The molecule has 2 aromatic rings. The van der Waals surface area contributed by atoms with Crippen molar-refractivity contribution in [1.29, 1.82) is 0 Å². The third kappa shape index (κ3) is 3.03. The van der Waals surface area contributed by atoms with Gasteiger partial charge in [0, 0.05) is 35.3 Å². The summed E-state index contributed by atoms with van der Waals surface area (Å²) in [5.41, 5.74) is 1.47. The molecule has 0 bridgehead atoms. The zero-order valence-corrected chi connectivity index (χ0v) is 14.3. The fourth-order valence-corrected chi connectivity index (χ4v) is 3.91. The van der Waals surface area contributed by atoms with Crippen molar-refractivity contribution in [2.75, 3.05) is 13.1 Å². The van der Waals surface area contributed by atoms with E-state index >= 15 is 0 Å². The number of nitrogens with zero attached hydrogens (tertiary/aromatic N) is 3. The van der Waals surface area contributed by atoms with E-state index in [4.69, 9.17) is 9.10 Å². The lowest BCUT2D eigenvalue weighted by atomic mass is 10.0. The molecule has 4 nitrogen and oxygen atoms in total. The maximum absolute atomic E-state index is 8.18. The number of rotatable bonds is 4. The lowest BCUT2D eigenvalue weighted by Gasteiger charge is -2.43. The fourth-order valence-electron chi connectivity index (χ4n) is 3.12. The largest absolute Gasteiger partial charge is 0.311 e. The zero-order valence-electron chi connectivity index (χ0n) is 16.5. The molecule has 0 amide bonds. The van der Waals surface area contributed by atoms with Gasteiger partial charge in [-0.15, -0.1) is 0 Å². The number of piperazine rings is 1. The SMILES string of the molecule is [2H]C([2H])([2H])C(c1ccc2nc(C)sc2n1)N1C[C@H](CC)NC[C@H]1CC. The Morgan fingerprint density at radius 2 is 2.27 bits per heavy atom. The summed E-state index contributed by atoms with van der Waals surface area (Å²) in [5, 5.41) is 4.49. The van der Waals surface area contributed by atoms with E-state index < -0.39 is 12.9 Å². The lowest BCUT2D eigenvalue weighted by Crippen LogP contribution is -2.56. The molecule has 0 aliphatic carbocycles. The van der Waals surface area contributed by atoms with Crippen LogP contribution in [0.4, 0.5) is 0 Å². The summed E-state index contributed by atoms with van der Waals surface area (Å²) in [5.74, 6) is 0. The van der Waals surface area contributed by atoms with Gasteiger partial charge in [0.1, 0.15) is 10.3 Å². The summed E-state index contributed by atoms with van der Waals surface area (Å²) < 4.78 is 24.5. The Morgan fingerprint density at radius 3 is 3.00 bits per heavy atom. The molecular formula is C17H26N4S. The van der Waals surface area contributed by atoms with Crippen LogP contribution in [0.25, 0.3) is 10.3 Å². The Kier molecular flexibility index (Phi) is 3.72. The van der Waals surface area contributed by atoms with E-state index in [0.717, 1.165) is 41.3 Å².